The van der Waals surface area contributed by atoms with Crippen LogP contribution in [0.5, 0.6) is 0 Å². The van der Waals surface area contributed by atoms with Gasteiger partial charge in [-0.1, -0.05) is 246 Å². The molecular formula is C88H72N2. The van der Waals surface area contributed by atoms with Crippen LogP contribution in [0.3, 0.4) is 0 Å². The second-order valence-electron chi connectivity index (χ2n) is 27.7. The van der Waals surface area contributed by atoms with Gasteiger partial charge in [-0.3, -0.25) is 0 Å². The Bertz CT molecular complexity index is 4860. The lowest BCUT2D eigenvalue weighted by atomic mass is 9.61. The summed E-state index contributed by atoms with van der Waals surface area (Å²) in [4.78, 5) is 5.36. The minimum Gasteiger partial charge on any atom is -0.334 e. The van der Waals surface area contributed by atoms with E-state index in [1.165, 1.54) is 206 Å². The number of hydrogen-bond donors (Lipinski definition) is 0. The van der Waals surface area contributed by atoms with Crippen LogP contribution in [0, 0.1) is 0 Å². The molecule has 4 unspecified atom stereocenters. The van der Waals surface area contributed by atoms with E-state index in [9.17, 15) is 0 Å². The van der Waals surface area contributed by atoms with E-state index in [0.29, 0.717) is 0 Å². The lowest BCUT2D eigenvalue weighted by Gasteiger charge is -2.50. The average molecular weight is 1160 g/mol. The Balaban J connectivity index is 0.816. The maximum absolute atomic E-state index is 2.68. The molecule has 0 amide bonds. The molecule has 0 saturated heterocycles. The monoisotopic (exact) mass is 1160 g/mol. The highest BCUT2D eigenvalue weighted by molar-refractivity contribution is 6.33. The van der Waals surface area contributed by atoms with Crippen molar-refractivity contribution in [2.45, 2.75) is 101 Å². The van der Waals surface area contributed by atoms with Gasteiger partial charge in [0.15, 0.2) is 0 Å². The molecule has 4 atom stereocenters. The third-order valence-electron chi connectivity index (χ3n) is 23.4. The van der Waals surface area contributed by atoms with Gasteiger partial charge in [0, 0.05) is 33.6 Å². The molecule has 14 aromatic rings. The quantitative estimate of drug-likeness (QED) is 0.140. The van der Waals surface area contributed by atoms with Crippen molar-refractivity contribution >= 4 is 76.6 Å². The first-order valence-electron chi connectivity index (χ1n) is 33.1. The summed E-state index contributed by atoms with van der Waals surface area (Å²) in [6, 6.07) is 102. The topological polar surface area (TPSA) is 6.48 Å². The fraction of sp³-hybridized carbons (Fsp3) is 0.182. The molecule has 2 fully saturated rings. The van der Waals surface area contributed by atoms with Gasteiger partial charge in [-0.05, 0) is 232 Å². The Kier molecular flexibility index (Phi) is 11.8. The smallest absolute Gasteiger partial charge is 0.0517 e. The molecular weight excluding hydrogens is 1080 g/mol. The molecule has 14 aromatic carbocycles. The molecule has 2 aliphatic carbocycles. The summed E-state index contributed by atoms with van der Waals surface area (Å²) < 4.78 is 0. The van der Waals surface area contributed by atoms with E-state index in [2.05, 4.69) is 304 Å². The number of nitrogens with zero attached hydrogens (tertiary/aromatic N) is 2. The SMILES string of the molecule is CC12CCCCC1(C)N(c1ccccc1)c1ccc(-c3ccc(-c4cc(-c5cccc6ccccc56)c5ccc6c(-c7ccc(-c8ccc9c(c8)C8(C)CCCCC8(C)N9c8ccccc8)cc7)cc(-c7cccc8ccccc78)c7ccc4c5c67)cc3)cc12. The van der Waals surface area contributed by atoms with Gasteiger partial charge in [-0.25, -0.2) is 0 Å². The minimum absolute atomic E-state index is 0.00155. The van der Waals surface area contributed by atoms with E-state index >= 15 is 0 Å². The highest BCUT2D eigenvalue weighted by atomic mass is 15.3. The van der Waals surface area contributed by atoms with Gasteiger partial charge in [-0.2, -0.15) is 0 Å². The van der Waals surface area contributed by atoms with Gasteiger partial charge in [0.05, 0.1) is 11.1 Å². The molecule has 0 radical (unpaired) electrons. The Labute approximate surface area is 529 Å². The van der Waals surface area contributed by atoms with Gasteiger partial charge in [-0.15, -0.1) is 0 Å². The Morgan fingerprint density at radius 1 is 0.256 bits per heavy atom. The molecule has 2 aliphatic heterocycles. The largest absolute Gasteiger partial charge is 0.334 e. The number of fused-ring (bicyclic) bond motifs is 8. The summed E-state index contributed by atoms with van der Waals surface area (Å²) in [5.41, 5.74) is 23.3. The predicted molar refractivity (Wildman–Crippen MR) is 383 cm³/mol. The van der Waals surface area contributed by atoms with Crippen molar-refractivity contribution in [2.75, 3.05) is 9.80 Å². The highest BCUT2D eigenvalue weighted by Gasteiger charge is 2.59. The zero-order chi connectivity index (χ0) is 60.1. The molecule has 2 heterocycles. The first kappa shape index (κ1) is 53.3. The van der Waals surface area contributed by atoms with Crippen LogP contribution < -0.4 is 9.80 Å². The molecule has 434 valence electrons. The van der Waals surface area contributed by atoms with Crippen molar-refractivity contribution in [3.63, 3.8) is 0 Å². The number of para-hydroxylation sites is 2. The lowest BCUT2D eigenvalue weighted by molar-refractivity contribution is 0.195. The molecule has 2 heteroatoms. The maximum atomic E-state index is 2.68. The molecule has 18 rings (SSSR count). The third kappa shape index (κ3) is 7.57. The molecule has 0 aromatic heterocycles. The van der Waals surface area contributed by atoms with E-state index in [0.717, 1.165) is 0 Å². The summed E-state index contributed by atoms with van der Waals surface area (Å²) in [6.45, 7) is 10.1. The lowest BCUT2D eigenvalue weighted by Crippen LogP contribution is -2.54. The fourth-order valence-corrected chi connectivity index (χ4v) is 18.3. The van der Waals surface area contributed by atoms with Crippen LogP contribution in [-0.4, -0.2) is 11.1 Å². The molecule has 2 nitrogen and oxygen atoms in total. The summed E-state index contributed by atoms with van der Waals surface area (Å²) in [5, 5.41) is 12.7. The predicted octanol–water partition coefficient (Wildman–Crippen LogP) is 24.4. The molecule has 0 bridgehead atoms. The number of anilines is 4. The van der Waals surface area contributed by atoms with Gasteiger partial charge < -0.3 is 9.80 Å². The van der Waals surface area contributed by atoms with Crippen LogP contribution in [0.25, 0.3) is 121 Å². The van der Waals surface area contributed by atoms with E-state index in [1.54, 1.807) is 0 Å². The van der Waals surface area contributed by atoms with Gasteiger partial charge in [0.25, 0.3) is 0 Å². The standard InChI is InChI=1S/C88H72N2/c1-85-49-15-17-51-87(85,3)89(65-25-7-5-8-26-65)81-47-41-63(53-79(81)85)57-33-37-61(38-34-57)75-55-77(69-31-19-23-59-21-11-13-29-67(59)69)73-46-44-72-76(56-78(74-45-43-71(75)83(73)84(72)74)70-32-20-24-60-22-12-14-30-68(60)70)62-39-35-58(36-40-62)64-42-48-82-80(54-64)86(2)50-16-18-52-88(86,4)90(82)66-27-9-6-10-28-66/h5-14,19-48,53-56H,15-18,49-52H2,1-4H3. The summed E-state index contributed by atoms with van der Waals surface area (Å²) >= 11 is 0. The summed E-state index contributed by atoms with van der Waals surface area (Å²) in [7, 11) is 0. The molecule has 2 saturated carbocycles. The van der Waals surface area contributed by atoms with Crippen LogP contribution in [0.4, 0.5) is 22.7 Å². The zero-order valence-electron chi connectivity index (χ0n) is 52.0. The normalized spacial score (nSPS) is 21.1. The average Bonchev–Trinajstić information content (AvgIpc) is 1.38. The van der Waals surface area contributed by atoms with E-state index in [4.69, 9.17) is 0 Å². The number of benzene rings is 14. The number of hydrogen-bond acceptors (Lipinski definition) is 2. The first-order valence-corrected chi connectivity index (χ1v) is 33.1. The molecule has 4 aliphatic rings. The van der Waals surface area contributed by atoms with E-state index in [1.807, 2.05) is 0 Å². The van der Waals surface area contributed by atoms with Crippen molar-refractivity contribution in [1.29, 1.82) is 0 Å². The van der Waals surface area contributed by atoms with Crippen LogP contribution >= 0.6 is 0 Å². The van der Waals surface area contributed by atoms with E-state index in [-0.39, 0.29) is 21.9 Å². The fourth-order valence-electron chi connectivity index (χ4n) is 18.3. The second-order valence-corrected chi connectivity index (χ2v) is 27.7. The van der Waals surface area contributed by atoms with E-state index < -0.39 is 0 Å². The molecule has 90 heavy (non-hydrogen) atoms. The maximum Gasteiger partial charge on any atom is 0.0517 e. The van der Waals surface area contributed by atoms with Crippen molar-refractivity contribution in [1.82, 2.24) is 0 Å². The van der Waals surface area contributed by atoms with Crippen molar-refractivity contribution in [2.24, 2.45) is 0 Å². The van der Waals surface area contributed by atoms with Crippen LogP contribution in [0.15, 0.2) is 267 Å². The molecule has 0 spiro atoms. The molecule has 0 N–H and O–H groups in total. The Morgan fingerprint density at radius 3 is 1.02 bits per heavy atom. The van der Waals surface area contributed by atoms with Gasteiger partial charge in [0.2, 0.25) is 0 Å². The Hall–Kier alpha value is -9.76. The van der Waals surface area contributed by atoms with Gasteiger partial charge >= 0.3 is 0 Å². The Morgan fingerprint density at radius 2 is 0.600 bits per heavy atom. The summed E-state index contributed by atoms with van der Waals surface area (Å²) in [6.07, 6.45) is 9.79. The highest BCUT2D eigenvalue weighted by Crippen LogP contribution is 2.63. The van der Waals surface area contributed by atoms with Crippen molar-refractivity contribution < 1.29 is 0 Å². The van der Waals surface area contributed by atoms with Crippen molar-refractivity contribution in [3.8, 4) is 66.8 Å². The second kappa shape index (κ2) is 19.9. The number of rotatable bonds is 8. The van der Waals surface area contributed by atoms with Crippen LogP contribution in [-0.2, 0) is 10.8 Å². The van der Waals surface area contributed by atoms with Crippen molar-refractivity contribution in [3.05, 3.63) is 278 Å². The first-order chi connectivity index (χ1) is 44.1. The van der Waals surface area contributed by atoms with Crippen LogP contribution in [0.2, 0.25) is 0 Å². The van der Waals surface area contributed by atoms with Crippen LogP contribution in [0.1, 0.15) is 90.2 Å². The van der Waals surface area contributed by atoms with Gasteiger partial charge in [0.1, 0.15) is 0 Å². The zero-order valence-corrected chi connectivity index (χ0v) is 52.0. The third-order valence-corrected chi connectivity index (χ3v) is 23.4. The minimum atomic E-state index is 0.00155. The summed E-state index contributed by atoms with van der Waals surface area (Å²) in [5.74, 6) is 0.